The van der Waals surface area contributed by atoms with Crippen molar-refractivity contribution in [3.05, 3.63) is 82.4 Å². The van der Waals surface area contributed by atoms with Crippen LogP contribution in [-0.2, 0) is 19.9 Å². The second-order valence-corrected chi connectivity index (χ2v) is 10.1. The minimum absolute atomic E-state index is 0.463. The molecule has 5 rings (SSSR count). The fourth-order valence-corrected chi connectivity index (χ4v) is 5.77. The van der Waals surface area contributed by atoms with Crippen LogP contribution in [-0.4, -0.2) is 4.57 Å². The van der Waals surface area contributed by atoms with E-state index in [-0.39, 0.29) is 0 Å². The van der Waals surface area contributed by atoms with Crippen molar-refractivity contribution in [3.8, 4) is 17.1 Å². The van der Waals surface area contributed by atoms with Crippen LogP contribution in [0.4, 0.5) is 0 Å². The van der Waals surface area contributed by atoms with Crippen LogP contribution >= 0.6 is 0 Å². The second kappa shape index (κ2) is 7.92. The maximum Gasteiger partial charge on any atom is 0.295 e. The number of hydrogen-bond donors (Lipinski definition) is 0. The van der Waals surface area contributed by atoms with Gasteiger partial charge in [-0.15, -0.1) is 0 Å². The van der Waals surface area contributed by atoms with E-state index in [2.05, 4.69) is 105 Å². The summed E-state index contributed by atoms with van der Waals surface area (Å²) in [5.41, 5.74) is 12.8. The number of imidazole rings is 1. The molecule has 0 aliphatic heterocycles. The molecule has 1 aliphatic carbocycles. The van der Waals surface area contributed by atoms with Gasteiger partial charge in [-0.2, -0.15) is 4.57 Å². The summed E-state index contributed by atoms with van der Waals surface area (Å²) in [4.78, 5) is 0. The summed E-state index contributed by atoms with van der Waals surface area (Å²) in [7, 11) is 2.22. The number of para-hydroxylation sites is 2. The Morgan fingerprint density at radius 2 is 1.59 bits per heavy atom. The van der Waals surface area contributed by atoms with Gasteiger partial charge in [0.05, 0.1) is 12.6 Å². The van der Waals surface area contributed by atoms with Crippen LogP contribution in [0.15, 0.2) is 54.6 Å². The van der Waals surface area contributed by atoms with Crippen molar-refractivity contribution in [2.45, 2.75) is 65.7 Å². The lowest BCUT2D eigenvalue weighted by atomic mass is 9.86. The summed E-state index contributed by atoms with van der Waals surface area (Å²) < 4.78 is 4.97. The molecule has 164 valence electrons. The first-order valence-electron chi connectivity index (χ1n) is 12.1. The maximum atomic E-state index is 2.58. The van der Waals surface area contributed by atoms with Crippen molar-refractivity contribution in [2.75, 3.05) is 0 Å². The van der Waals surface area contributed by atoms with E-state index in [1.807, 2.05) is 0 Å². The van der Waals surface area contributed by atoms with Gasteiger partial charge in [0.2, 0.25) is 0 Å². The SMILES string of the molecule is Cc1ccccc1-c1n(-c2c(C(C)C)cc3c(c2C(C)C)CCC3)c2ccccc2[n+]1C. The van der Waals surface area contributed by atoms with Crippen LogP contribution in [0.3, 0.4) is 0 Å². The molecule has 0 amide bonds. The van der Waals surface area contributed by atoms with Crippen molar-refractivity contribution >= 4 is 11.0 Å². The van der Waals surface area contributed by atoms with Crippen LogP contribution in [0.25, 0.3) is 28.1 Å². The molecule has 0 radical (unpaired) electrons. The molecule has 0 fully saturated rings. The molecule has 2 nitrogen and oxygen atoms in total. The van der Waals surface area contributed by atoms with E-state index in [1.54, 1.807) is 16.7 Å². The number of aryl methyl sites for hydroxylation is 3. The molecule has 1 aromatic heterocycles. The van der Waals surface area contributed by atoms with Crippen molar-refractivity contribution in [3.63, 3.8) is 0 Å². The number of hydrogen-bond acceptors (Lipinski definition) is 0. The van der Waals surface area contributed by atoms with Gasteiger partial charge in [-0.3, -0.25) is 0 Å². The zero-order valence-electron chi connectivity index (χ0n) is 20.4. The summed E-state index contributed by atoms with van der Waals surface area (Å²) >= 11 is 0. The molecule has 1 heterocycles. The topological polar surface area (TPSA) is 8.81 Å². The Morgan fingerprint density at radius 3 is 2.31 bits per heavy atom. The van der Waals surface area contributed by atoms with Crippen LogP contribution in [0.2, 0.25) is 0 Å². The van der Waals surface area contributed by atoms with Gasteiger partial charge in [-0.25, -0.2) is 4.57 Å². The Morgan fingerprint density at radius 1 is 0.875 bits per heavy atom. The van der Waals surface area contributed by atoms with Gasteiger partial charge >= 0.3 is 0 Å². The molecule has 1 aliphatic rings. The molecular weight excluding hydrogens is 388 g/mol. The van der Waals surface area contributed by atoms with Gasteiger partial charge in [0.25, 0.3) is 5.82 Å². The Labute approximate surface area is 192 Å². The van der Waals surface area contributed by atoms with E-state index in [9.17, 15) is 0 Å². The molecule has 0 saturated carbocycles. The third kappa shape index (κ3) is 3.11. The normalized spacial score (nSPS) is 13.5. The molecule has 32 heavy (non-hydrogen) atoms. The molecule has 0 N–H and O–H groups in total. The summed E-state index contributed by atoms with van der Waals surface area (Å²) in [5.74, 6) is 2.21. The van der Waals surface area contributed by atoms with Gasteiger partial charge < -0.3 is 0 Å². The number of aromatic nitrogens is 2. The molecule has 3 aromatic carbocycles. The van der Waals surface area contributed by atoms with Crippen molar-refractivity contribution in [1.82, 2.24) is 4.57 Å². The monoisotopic (exact) mass is 423 g/mol. The third-order valence-electron chi connectivity index (χ3n) is 7.27. The first kappa shape index (κ1) is 21.0. The zero-order chi connectivity index (χ0) is 22.6. The van der Waals surface area contributed by atoms with Gasteiger partial charge in [-0.05, 0) is 72.9 Å². The molecule has 2 heteroatoms. The summed E-state index contributed by atoms with van der Waals surface area (Å²) in [5, 5.41) is 0. The van der Waals surface area contributed by atoms with Gasteiger partial charge in [0, 0.05) is 11.1 Å². The average Bonchev–Trinajstić information content (AvgIpc) is 3.35. The number of rotatable bonds is 4. The fraction of sp³-hybridized carbons (Fsp3) is 0.367. The largest absolute Gasteiger partial charge is 0.295 e. The lowest BCUT2D eigenvalue weighted by Crippen LogP contribution is -2.30. The molecule has 0 unspecified atom stereocenters. The number of benzene rings is 3. The summed E-state index contributed by atoms with van der Waals surface area (Å²) in [6.07, 6.45) is 3.71. The smallest absolute Gasteiger partial charge is 0.225 e. The molecule has 4 aromatic rings. The van der Waals surface area contributed by atoms with E-state index >= 15 is 0 Å². The highest BCUT2D eigenvalue weighted by atomic mass is 15.2. The first-order chi connectivity index (χ1) is 15.4. The minimum atomic E-state index is 0.463. The predicted molar refractivity (Wildman–Crippen MR) is 135 cm³/mol. The summed E-state index contributed by atoms with van der Waals surface area (Å²) in [6, 6.07) is 20.2. The van der Waals surface area contributed by atoms with Crippen molar-refractivity contribution in [2.24, 2.45) is 7.05 Å². The highest BCUT2D eigenvalue weighted by molar-refractivity contribution is 5.81. The van der Waals surface area contributed by atoms with Gasteiger partial charge in [0.1, 0.15) is 5.69 Å². The van der Waals surface area contributed by atoms with Crippen molar-refractivity contribution in [1.29, 1.82) is 0 Å². The van der Waals surface area contributed by atoms with Crippen LogP contribution in [0, 0.1) is 6.92 Å². The first-order valence-corrected chi connectivity index (χ1v) is 12.1. The molecule has 0 saturated heterocycles. The molecule has 0 bridgehead atoms. The third-order valence-corrected chi connectivity index (χ3v) is 7.27. The van der Waals surface area contributed by atoms with E-state index in [0.717, 1.165) is 0 Å². The lowest BCUT2D eigenvalue weighted by molar-refractivity contribution is -0.633. The number of nitrogens with zero attached hydrogens (tertiary/aromatic N) is 2. The molecular formula is C30H35N2+. The Kier molecular flexibility index (Phi) is 5.20. The lowest BCUT2D eigenvalue weighted by Gasteiger charge is -2.22. The van der Waals surface area contributed by atoms with Gasteiger partial charge in [-0.1, -0.05) is 64.1 Å². The maximum absolute atomic E-state index is 2.58. The standard InChI is InChI=1S/C30H35N2/c1-19(2)25-18-22-13-11-15-24(22)28(20(3)4)29(25)32-27-17-10-9-16-26(27)31(6)30(32)23-14-8-7-12-21(23)5/h7-10,12,14,16-20H,11,13,15H2,1-6H3/q+1. The Bertz CT molecular complexity index is 1320. The van der Waals surface area contributed by atoms with Crippen molar-refractivity contribution < 1.29 is 4.57 Å². The molecule has 0 atom stereocenters. The fourth-order valence-electron chi connectivity index (χ4n) is 5.77. The van der Waals surface area contributed by atoms with Crippen LogP contribution < -0.4 is 4.57 Å². The van der Waals surface area contributed by atoms with Crippen LogP contribution in [0.5, 0.6) is 0 Å². The average molecular weight is 424 g/mol. The van der Waals surface area contributed by atoms with E-state index in [0.29, 0.717) is 11.8 Å². The quantitative estimate of drug-likeness (QED) is 0.308. The molecule has 0 spiro atoms. The van der Waals surface area contributed by atoms with E-state index in [4.69, 9.17) is 0 Å². The Balaban J connectivity index is 2.00. The van der Waals surface area contributed by atoms with E-state index < -0.39 is 0 Å². The van der Waals surface area contributed by atoms with Gasteiger partial charge in [0.15, 0.2) is 11.0 Å². The minimum Gasteiger partial charge on any atom is -0.225 e. The van der Waals surface area contributed by atoms with Crippen LogP contribution in [0.1, 0.15) is 73.8 Å². The predicted octanol–water partition coefficient (Wildman–Crippen LogP) is 7.17. The zero-order valence-corrected chi connectivity index (χ0v) is 20.4. The summed E-state index contributed by atoms with van der Waals surface area (Å²) in [6.45, 7) is 11.7. The Hall–Kier alpha value is -2.87. The highest BCUT2D eigenvalue weighted by Crippen LogP contribution is 2.42. The van der Waals surface area contributed by atoms with E-state index in [1.165, 1.54) is 58.5 Å². The highest BCUT2D eigenvalue weighted by Gasteiger charge is 2.33. The second-order valence-electron chi connectivity index (χ2n) is 10.1. The number of fused-ring (bicyclic) bond motifs is 2.